The lowest BCUT2D eigenvalue weighted by molar-refractivity contribution is -0.126. The number of hydrogen-bond donors (Lipinski definition) is 0. The number of ether oxygens (including phenoxy) is 1. The zero-order valence-corrected chi connectivity index (χ0v) is 19.3. The molecule has 6 heteroatoms. The van der Waals surface area contributed by atoms with Gasteiger partial charge in [0.05, 0.1) is 7.11 Å². The molecule has 3 aromatic rings. The molecule has 1 aliphatic heterocycles. The Morgan fingerprint density at radius 2 is 1.72 bits per heavy atom. The number of benzene rings is 2. The van der Waals surface area contributed by atoms with Gasteiger partial charge in [-0.15, -0.1) is 0 Å². The fourth-order valence-corrected chi connectivity index (χ4v) is 4.36. The first-order valence-corrected chi connectivity index (χ1v) is 10.9. The highest BCUT2D eigenvalue weighted by Crippen LogP contribution is 2.38. The molecule has 2 heterocycles. The number of hydrogen-bond acceptors (Lipinski definition) is 4. The van der Waals surface area contributed by atoms with Crippen molar-refractivity contribution in [3.8, 4) is 5.75 Å². The molecular weight excluding hydrogens is 407 g/mol. The molecule has 0 aliphatic carbocycles. The van der Waals surface area contributed by atoms with Crippen molar-refractivity contribution < 1.29 is 18.3 Å². The van der Waals surface area contributed by atoms with Gasteiger partial charge in [-0.05, 0) is 69.2 Å². The fourth-order valence-electron chi connectivity index (χ4n) is 4.36. The van der Waals surface area contributed by atoms with Crippen molar-refractivity contribution in [3.63, 3.8) is 0 Å². The molecular formula is C26H29FN2O3. The van der Waals surface area contributed by atoms with Crippen LogP contribution in [0.1, 0.15) is 29.4 Å². The summed E-state index contributed by atoms with van der Waals surface area (Å²) >= 11 is 0. The van der Waals surface area contributed by atoms with Gasteiger partial charge in [0, 0.05) is 54.5 Å². The minimum Gasteiger partial charge on any atom is -0.496 e. The summed E-state index contributed by atoms with van der Waals surface area (Å²) in [5, 5.41) is 1.05. The lowest BCUT2D eigenvalue weighted by Crippen LogP contribution is -2.48. The van der Waals surface area contributed by atoms with Crippen LogP contribution in [0.15, 0.2) is 40.8 Å². The lowest BCUT2D eigenvalue weighted by atomic mass is 9.98. The standard InChI is InChI=1S/C26H29FN2O3/c1-16(22-15-23-17(2)19(4)32-26(23)18(3)25(22)31-5)14-24(30)29-12-10-28(11-13-29)21-8-6-20(27)7-9-21/h6-9,14-15H,10-13H2,1-5H3/b16-14+. The van der Waals surface area contributed by atoms with Crippen molar-refractivity contribution in [2.75, 3.05) is 38.2 Å². The molecule has 1 aliphatic rings. The van der Waals surface area contributed by atoms with Gasteiger partial charge in [-0.25, -0.2) is 4.39 Å². The molecule has 0 radical (unpaired) electrons. The van der Waals surface area contributed by atoms with Crippen molar-refractivity contribution in [1.29, 1.82) is 0 Å². The zero-order chi connectivity index (χ0) is 23.0. The smallest absolute Gasteiger partial charge is 0.246 e. The number of carbonyl (C=O) groups is 1. The monoisotopic (exact) mass is 436 g/mol. The van der Waals surface area contributed by atoms with E-state index < -0.39 is 0 Å². The second-order valence-corrected chi connectivity index (χ2v) is 8.36. The molecule has 0 N–H and O–H groups in total. The number of fused-ring (bicyclic) bond motifs is 1. The number of halogens is 1. The van der Waals surface area contributed by atoms with Crippen LogP contribution in [-0.4, -0.2) is 44.1 Å². The minimum absolute atomic E-state index is 0.0128. The predicted molar refractivity (Wildman–Crippen MR) is 126 cm³/mol. The molecule has 1 aromatic heterocycles. The van der Waals surface area contributed by atoms with Crippen LogP contribution in [0.2, 0.25) is 0 Å². The van der Waals surface area contributed by atoms with E-state index in [2.05, 4.69) is 11.0 Å². The summed E-state index contributed by atoms with van der Waals surface area (Å²) in [5.74, 6) is 1.36. The first-order chi connectivity index (χ1) is 15.3. The van der Waals surface area contributed by atoms with Gasteiger partial charge in [0.1, 0.15) is 22.9 Å². The molecule has 0 spiro atoms. The highest BCUT2D eigenvalue weighted by molar-refractivity contribution is 5.98. The Morgan fingerprint density at radius 3 is 2.34 bits per heavy atom. The summed E-state index contributed by atoms with van der Waals surface area (Å²) in [4.78, 5) is 17.0. The average Bonchev–Trinajstić information content (AvgIpc) is 3.08. The maximum absolute atomic E-state index is 13.2. The second kappa shape index (κ2) is 8.69. The molecule has 2 aromatic carbocycles. The van der Waals surface area contributed by atoms with Gasteiger partial charge in [0.2, 0.25) is 5.91 Å². The minimum atomic E-state index is -0.243. The quantitative estimate of drug-likeness (QED) is 0.524. The Kier molecular flexibility index (Phi) is 5.96. The SMILES string of the molecule is COc1c(/C(C)=C/C(=O)N2CCN(c3ccc(F)cc3)CC2)cc2c(C)c(C)oc2c1C. The molecule has 4 rings (SSSR count). The van der Waals surface area contributed by atoms with Crippen LogP contribution in [0.25, 0.3) is 16.5 Å². The molecule has 1 fully saturated rings. The van der Waals surface area contributed by atoms with Crippen molar-refractivity contribution >= 4 is 28.1 Å². The van der Waals surface area contributed by atoms with E-state index >= 15 is 0 Å². The molecule has 5 nitrogen and oxygen atoms in total. The first kappa shape index (κ1) is 21.9. The van der Waals surface area contributed by atoms with Gasteiger partial charge in [0.25, 0.3) is 0 Å². The molecule has 0 atom stereocenters. The van der Waals surface area contributed by atoms with Gasteiger partial charge >= 0.3 is 0 Å². The normalized spacial score (nSPS) is 14.9. The third-order valence-corrected chi connectivity index (χ3v) is 6.40. The number of allylic oxidation sites excluding steroid dienone is 1. The number of furan rings is 1. The van der Waals surface area contributed by atoms with Gasteiger partial charge in [-0.3, -0.25) is 4.79 Å². The van der Waals surface area contributed by atoms with E-state index in [4.69, 9.17) is 9.15 Å². The average molecular weight is 437 g/mol. The predicted octanol–water partition coefficient (Wildman–Crippen LogP) is 5.26. The van der Waals surface area contributed by atoms with E-state index in [1.54, 1.807) is 25.3 Å². The third kappa shape index (κ3) is 3.97. The van der Waals surface area contributed by atoms with Crippen LogP contribution in [0.5, 0.6) is 5.75 Å². The van der Waals surface area contributed by atoms with Crippen molar-refractivity contribution in [3.05, 3.63) is 64.7 Å². The molecule has 32 heavy (non-hydrogen) atoms. The first-order valence-electron chi connectivity index (χ1n) is 10.9. The van der Waals surface area contributed by atoms with Gasteiger partial charge in [-0.1, -0.05) is 0 Å². The van der Waals surface area contributed by atoms with Crippen LogP contribution in [0.4, 0.5) is 10.1 Å². The Hall–Kier alpha value is -3.28. The summed E-state index contributed by atoms with van der Waals surface area (Å²) in [6.45, 7) is 10.6. The van der Waals surface area contributed by atoms with Crippen molar-refractivity contribution in [1.82, 2.24) is 4.90 Å². The van der Waals surface area contributed by atoms with E-state index in [1.807, 2.05) is 32.6 Å². The molecule has 1 amide bonds. The number of anilines is 1. The second-order valence-electron chi connectivity index (χ2n) is 8.36. The Bertz CT molecular complexity index is 1190. The van der Waals surface area contributed by atoms with Crippen LogP contribution in [0.3, 0.4) is 0 Å². The van der Waals surface area contributed by atoms with E-state index in [9.17, 15) is 9.18 Å². The largest absolute Gasteiger partial charge is 0.496 e. The zero-order valence-electron chi connectivity index (χ0n) is 19.3. The highest BCUT2D eigenvalue weighted by Gasteiger charge is 2.22. The van der Waals surface area contributed by atoms with Crippen LogP contribution >= 0.6 is 0 Å². The van der Waals surface area contributed by atoms with E-state index in [0.29, 0.717) is 26.2 Å². The number of methoxy groups -OCH3 is 1. The summed E-state index contributed by atoms with van der Waals surface area (Å²) in [6, 6.07) is 8.55. The number of aryl methyl sites for hydroxylation is 3. The van der Waals surface area contributed by atoms with Crippen molar-refractivity contribution in [2.24, 2.45) is 0 Å². The summed E-state index contributed by atoms with van der Waals surface area (Å²) < 4.78 is 24.8. The maximum atomic E-state index is 13.2. The van der Waals surface area contributed by atoms with Gasteiger partial charge < -0.3 is 19.0 Å². The van der Waals surface area contributed by atoms with Gasteiger partial charge in [-0.2, -0.15) is 0 Å². The van der Waals surface area contributed by atoms with Crippen LogP contribution in [0, 0.1) is 26.6 Å². The number of piperazine rings is 1. The van der Waals surface area contributed by atoms with Crippen LogP contribution < -0.4 is 9.64 Å². The Balaban J connectivity index is 1.54. The summed E-state index contributed by atoms with van der Waals surface area (Å²) in [5.41, 5.74) is 5.60. The molecule has 0 unspecified atom stereocenters. The van der Waals surface area contributed by atoms with E-state index in [-0.39, 0.29) is 11.7 Å². The Morgan fingerprint density at radius 1 is 1.06 bits per heavy atom. The van der Waals surface area contributed by atoms with Crippen LogP contribution in [-0.2, 0) is 4.79 Å². The Labute approximate surface area is 188 Å². The topological polar surface area (TPSA) is 45.9 Å². The molecule has 1 saturated heterocycles. The fraction of sp³-hybridized carbons (Fsp3) is 0.346. The third-order valence-electron chi connectivity index (χ3n) is 6.40. The van der Waals surface area contributed by atoms with Gasteiger partial charge in [0.15, 0.2) is 0 Å². The molecule has 0 saturated carbocycles. The number of rotatable bonds is 4. The number of carbonyl (C=O) groups excluding carboxylic acids is 1. The lowest BCUT2D eigenvalue weighted by Gasteiger charge is -2.35. The van der Waals surface area contributed by atoms with Crippen molar-refractivity contribution in [2.45, 2.75) is 27.7 Å². The highest BCUT2D eigenvalue weighted by atomic mass is 19.1. The van der Waals surface area contributed by atoms with E-state index in [1.165, 1.54) is 12.1 Å². The summed E-state index contributed by atoms with van der Waals surface area (Å²) in [6.07, 6.45) is 1.69. The summed E-state index contributed by atoms with van der Waals surface area (Å²) in [7, 11) is 1.64. The van der Waals surface area contributed by atoms with E-state index in [0.717, 1.165) is 50.4 Å². The number of amides is 1. The molecule has 168 valence electrons. The number of nitrogens with zero attached hydrogens (tertiary/aromatic N) is 2. The maximum Gasteiger partial charge on any atom is 0.246 e. The molecule has 0 bridgehead atoms.